The first-order chi connectivity index (χ1) is 13.3. The van der Waals surface area contributed by atoms with Crippen LogP contribution in [0.15, 0.2) is 48.5 Å². The van der Waals surface area contributed by atoms with Crippen LogP contribution in [0.3, 0.4) is 0 Å². The standard InChI is InChI=1S/C22H28ClNO3/c23-19-5-3-4-18(16-19)17-27-22-10-8-21(9-11-22)26-15-14-25-13-12-24-20-6-1-2-7-20/h3-5,8-11,16,20,24H,1-2,6-7,12-15,17H2. The topological polar surface area (TPSA) is 39.7 Å². The van der Waals surface area contributed by atoms with Gasteiger partial charge >= 0.3 is 0 Å². The average molecular weight is 390 g/mol. The monoisotopic (exact) mass is 389 g/mol. The summed E-state index contributed by atoms with van der Waals surface area (Å²) in [6.45, 7) is 3.29. The minimum Gasteiger partial charge on any atom is -0.491 e. The first-order valence-corrected chi connectivity index (χ1v) is 10.1. The third-order valence-corrected chi connectivity index (χ3v) is 4.88. The fraction of sp³-hybridized carbons (Fsp3) is 0.455. The maximum Gasteiger partial charge on any atom is 0.120 e. The van der Waals surface area contributed by atoms with Crippen LogP contribution in [0, 0.1) is 0 Å². The molecule has 2 aromatic rings. The molecule has 0 heterocycles. The van der Waals surface area contributed by atoms with Gasteiger partial charge in [0.1, 0.15) is 24.7 Å². The van der Waals surface area contributed by atoms with Gasteiger partial charge in [-0.3, -0.25) is 0 Å². The Bertz CT molecular complexity index is 672. The van der Waals surface area contributed by atoms with Crippen molar-refractivity contribution in [1.29, 1.82) is 0 Å². The molecule has 1 N–H and O–H groups in total. The van der Waals surface area contributed by atoms with E-state index in [4.69, 9.17) is 25.8 Å². The van der Waals surface area contributed by atoms with E-state index in [1.54, 1.807) is 0 Å². The van der Waals surface area contributed by atoms with Gasteiger partial charge in [-0.05, 0) is 54.8 Å². The molecule has 0 amide bonds. The van der Waals surface area contributed by atoms with Gasteiger partial charge in [-0.2, -0.15) is 0 Å². The van der Waals surface area contributed by atoms with Crippen LogP contribution in [-0.2, 0) is 11.3 Å². The zero-order valence-electron chi connectivity index (χ0n) is 15.7. The van der Waals surface area contributed by atoms with Crippen LogP contribution < -0.4 is 14.8 Å². The molecule has 0 aromatic heterocycles. The van der Waals surface area contributed by atoms with Crippen LogP contribution in [0.5, 0.6) is 11.5 Å². The number of hydrogen-bond donors (Lipinski definition) is 1. The number of nitrogens with one attached hydrogen (secondary N) is 1. The van der Waals surface area contributed by atoms with E-state index in [-0.39, 0.29) is 0 Å². The first-order valence-electron chi connectivity index (χ1n) is 9.71. The van der Waals surface area contributed by atoms with Crippen molar-refractivity contribution in [2.24, 2.45) is 0 Å². The van der Waals surface area contributed by atoms with Gasteiger partial charge in [-0.1, -0.05) is 36.6 Å². The van der Waals surface area contributed by atoms with Crippen molar-refractivity contribution < 1.29 is 14.2 Å². The third-order valence-electron chi connectivity index (χ3n) is 4.65. The van der Waals surface area contributed by atoms with E-state index < -0.39 is 0 Å². The molecule has 0 saturated heterocycles. The van der Waals surface area contributed by atoms with Crippen LogP contribution in [-0.4, -0.2) is 32.4 Å². The van der Waals surface area contributed by atoms with E-state index in [0.717, 1.165) is 35.2 Å². The van der Waals surface area contributed by atoms with Crippen molar-refractivity contribution >= 4 is 11.6 Å². The fourth-order valence-corrected chi connectivity index (χ4v) is 3.42. The van der Waals surface area contributed by atoms with Crippen molar-refractivity contribution in [2.45, 2.75) is 38.3 Å². The van der Waals surface area contributed by atoms with Gasteiger partial charge in [0.15, 0.2) is 0 Å². The molecule has 0 unspecified atom stereocenters. The minimum absolute atomic E-state index is 0.490. The Labute approximate surface area is 166 Å². The molecule has 4 nitrogen and oxygen atoms in total. The molecule has 0 aliphatic heterocycles. The van der Waals surface area contributed by atoms with Crippen molar-refractivity contribution in [1.82, 2.24) is 5.32 Å². The second kappa shape index (κ2) is 11.2. The van der Waals surface area contributed by atoms with Crippen molar-refractivity contribution in [3.63, 3.8) is 0 Å². The molecule has 0 spiro atoms. The highest BCUT2D eigenvalue weighted by atomic mass is 35.5. The highest BCUT2D eigenvalue weighted by molar-refractivity contribution is 6.30. The van der Waals surface area contributed by atoms with E-state index >= 15 is 0 Å². The quantitative estimate of drug-likeness (QED) is 0.558. The van der Waals surface area contributed by atoms with Crippen LogP contribution in [0.4, 0.5) is 0 Å². The predicted molar refractivity (Wildman–Crippen MR) is 109 cm³/mol. The Morgan fingerprint density at radius 2 is 1.63 bits per heavy atom. The Kier molecular flexibility index (Phi) is 8.28. The largest absolute Gasteiger partial charge is 0.491 e. The number of benzene rings is 2. The Morgan fingerprint density at radius 3 is 2.37 bits per heavy atom. The fourth-order valence-electron chi connectivity index (χ4n) is 3.21. The summed E-state index contributed by atoms with van der Waals surface area (Å²) in [6, 6.07) is 16.0. The zero-order valence-corrected chi connectivity index (χ0v) is 16.4. The smallest absolute Gasteiger partial charge is 0.120 e. The molecule has 2 aromatic carbocycles. The Balaban J connectivity index is 1.26. The van der Waals surface area contributed by atoms with E-state index in [9.17, 15) is 0 Å². The van der Waals surface area contributed by atoms with E-state index in [1.165, 1.54) is 25.7 Å². The molecule has 27 heavy (non-hydrogen) atoms. The second-order valence-corrected chi connectivity index (χ2v) is 7.22. The van der Waals surface area contributed by atoms with Crippen molar-refractivity contribution in [3.8, 4) is 11.5 Å². The predicted octanol–water partition coefficient (Wildman–Crippen LogP) is 4.85. The summed E-state index contributed by atoms with van der Waals surface area (Å²) in [5.74, 6) is 1.62. The summed E-state index contributed by atoms with van der Waals surface area (Å²) < 4.78 is 17.1. The molecule has 1 aliphatic rings. The summed E-state index contributed by atoms with van der Waals surface area (Å²) in [6.07, 6.45) is 5.33. The van der Waals surface area contributed by atoms with Crippen molar-refractivity contribution in [3.05, 3.63) is 59.1 Å². The van der Waals surface area contributed by atoms with E-state index in [1.807, 2.05) is 48.5 Å². The molecule has 146 valence electrons. The van der Waals surface area contributed by atoms with Gasteiger partial charge in [0.25, 0.3) is 0 Å². The maximum absolute atomic E-state index is 5.98. The molecule has 3 rings (SSSR count). The maximum atomic E-state index is 5.98. The van der Waals surface area contributed by atoms with Gasteiger partial charge in [-0.25, -0.2) is 0 Å². The lowest BCUT2D eigenvalue weighted by molar-refractivity contribution is 0.100. The summed E-state index contributed by atoms with van der Waals surface area (Å²) in [5, 5.41) is 4.26. The van der Waals surface area contributed by atoms with Gasteiger partial charge in [0.05, 0.1) is 13.2 Å². The molecular weight excluding hydrogens is 362 g/mol. The van der Waals surface area contributed by atoms with Gasteiger partial charge in [-0.15, -0.1) is 0 Å². The third kappa shape index (κ3) is 7.41. The van der Waals surface area contributed by atoms with Gasteiger partial charge in [0, 0.05) is 17.6 Å². The molecule has 1 saturated carbocycles. The lowest BCUT2D eigenvalue weighted by Gasteiger charge is -2.12. The summed E-state index contributed by atoms with van der Waals surface area (Å²) >= 11 is 5.98. The average Bonchev–Trinajstić information content (AvgIpc) is 3.20. The molecule has 0 bridgehead atoms. The van der Waals surface area contributed by atoms with Gasteiger partial charge in [0.2, 0.25) is 0 Å². The number of hydrogen-bond acceptors (Lipinski definition) is 4. The van der Waals surface area contributed by atoms with E-state index in [2.05, 4.69) is 5.32 Å². The van der Waals surface area contributed by atoms with E-state index in [0.29, 0.717) is 25.9 Å². The van der Waals surface area contributed by atoms with Crippen molar-refractivity contribution in [2.75, 3.05) is 26.4 Å². The minimum atomic E-state index is 0.490. The Morgan fingerprint density at radius 1 is 0.889 bits per heavy atom. The number of ether oxygens (including phenoxy) is 3. The highest BCUT2D eigenvalue weighted by Gasteiger charge is 2.13. The molecule has 1 fully saturated rings. The lowest BCUT2D eigenvalue weighted by atomic mass is 10.2. The molecule has 0 atom stereocenters. The zero-order chi connectivity index (χ0) is 18.7. The number of halogens is 1. The summed E-state index contributed by atoms with van der Waals surface area (Å²) in [5.41, 5.74) is 1.04. The van der Waals surface area contributed by atoms with Crippen LogP contribution >= 0.6 is 11.6 Å². The first kappa shape index (κ1) is 20.0. The number of rotatable bonds is 11. The van der Waals surface area contributed by atoms with Crippen LogP contribution in [0.2, 0.25) is 5.02 Å². The normalized spacial score (nSPS) is 14.4. The van der Waals surface area contributed by atoms with Gasteiger partial charge < -0.3 is 19.5 Å². The molecular formula is C22H28ClNO3. The lowest BCUT2D eigenvalue weighted by Crippen LogP contribution is -2.29. The highest BCUT2D eigenvalue weighted by Crippen LogP contribution is 2.20. The second-order valence-electron chi connectivity index (χ2n) is 6.79. The summed E-state index contributed by atoms with van der Waals surface area (Å²) in [4.78, 5) is 0. The summed E-state index contributed by atoms with van der Waals surface area (Å²) in [7, 11) is 0. The Hall–Kier alpha value is -1.75. The van der Waals surface area contributed by atoms with Crippen LogP contribution in [0.25, 0.3) is 0 Å². The molecule has 5 heteroatoms. The van der Waals surface area contributed by atoms with Crippen LogP contribution in [0.1, 0.15) is 31.2 Å². The molecule has 1 aliphatic carbocycles. The SMILES string of the molecule is Clc1cccc(COc2ccc(OCCOCCNC3CCCC3)cc2)c1. The molecule has 0 radical (unpaired) electrons.